The van der Waals surface area contributed by atoms with Gasteiger partial charge in [-0.3, -0.25) is 86.9 Å². The number of amides is 14. The van der Waals surface area contributed by atoms with Crippen LogP contribution < -0.4 is 109 Å². The topological polar surface area (TPSA) is 713 Å². The molecule has 111 heavy (non-hydrogen) atoms. The number of aliphatic hydroxyl groups excluding tert-OH is 2. The van der Waals surface area contributed by atoms with Crippen LogP contribution in [0.1, 0.15) is 104 Å². The lowest BCUT2D eigenvalue weighted by Gasteiger charge is -2.31. The fourth-order valence-corrected chi connectivity index (χ4v) is 11.2. The predicted molar refractivity (Wildman–Crippen MR) is 410 cm³/mol. The molecule has 620 valence electrons. The molecule has 43 nitrogen and oxygen atoms in total. The maximum absolute atomic E-state index is 14.5. The number of aliphatic carboxylic acids is 1. The number of nitrogens with two attached hydrogens (primary N) is 7. The Morgan fingerprint density at radius 1 is 0.514 bits per heavy atom. The molecule has 1 aromatic carbocycles. The summed E-state index contributed by atoms with van der Waals surface area (Å²) in [5.74, 6) is -17.6. The number of aliphatic imine (C=N–C) groups is 3. The van der Waals surface area contributed by atoms with Crippen molar-refractivity contribution in [2.45, 2.75) is 177 Å². The van der Waals surface area contributed by atoms with Crippen LogP contribution in [0.5, 0.6) is 0 Å². The number of likely N-dealkylation sites (tertiary alicyclic amines) is 1. The number of carboxylic acids is 1. The minimum absolute atomic E-state index is 0.000139. The van der Waals surface area contributed by atoms with E-state index < -0.39 is 212 Å². The van der Waals surface area contributed by atoms with Crippen molar-refractivity contribution in [3.63, 3.8) is 0 Å². The fourth-order valence-electron chi connectivity index (χ4n) is 10.7. The van der Waals surface area contributed by atoms with Crippen molar-refractivity contribution < 1.29 is 92.0 Å². The number of aldehydes is 1. The van der Waals surface area contributed by atoms with E-state index in [-0.39, 0.29) is 113 Å². The highest BCUT2D eigenvalue weighted by Crippen LogP contribution is 2.21. The molecule has 2 rings (SSSR count). The Balaban J connectivity index is 2.33. The molecule has 14 atom stereocenters. The minimum Gasteiger partial charge on any atom is -0.481 e. The van der Waals surface area contributed by atoms with Gasteiger partial charge in [0.2, 0.25) is 82.7 Å². The molecule has 0 aliphatic carbocycles. The van der Waals surface area contributed by atoms with Crippen LogP contribution >= 0.6 is 25.3 Å². The van der Waals surface area contributed by atoms with Crippen molar-refractivity contribution in [3.8, 4) is 0 Å². The number of nitrogens with zero attached hydrogens (tertiary/aromatic N) is 4. The summed E-state index contributed by atoms with van der Waals surface area (Å²) in [6, 6.07) is -8.88. The summed E-state index contributed by atoms with van der Waals surface area (Å²) < 4.78 is 0. The lowest BCUT2D eigenvalue weighted by atomic mass is 9.96. The first kappa shape index (κ1) is 96.4. The number of rotatable bonds is 52. The van der Waals surface area contributed by atoms with E-state index in [1.807, 2.05) is 0 Å². The Kier molecular flexibility index (Phi) is 44.9. The predicted octanol–water partition coefficient (Wildman–Crippen LogP) is -10.5. The van der Waals surface area contributed by atoms with E-state index in [9.17, 15) is 86.9 Å². The summed E-state index contributed by atoms with van der Waals surface area (Å²) >= 11 is 8.39. The molecule has 1 saturated heterocycles. The van der Waals surface area contributed by atoms with E-state index >= 15 is 0 Å². The van der Waals surface area contributed by atoms with Crippen molar-refractivity contribution in [1.82, 2.24) is 74.0 Å². The van der Waals surface area contributed by atoms with Crippen LogP contribution in [0.2, 0.25) is 0 Å². The van der Waals surface area contributed by atoms with E-state index in [0.717, 1.165) is 0 Å². The number of benzene rings is 1. The summed E-state index contributed by atoms with van der Waals surface area (Å²) in [5, 5.41) is 60.4. The number of nitrogens with one attached hydrogen (secondary N) is 13. The average Bonchev–Trinajstić information content (AvgIpc) is 1.75. The quantitative estimate of drug-likeness (QED) is 0.00947. The summed E-state index contributed by atoms with van der Waals surface area (Å²) in [6.45, 7) is 2.63. The minimum atomic E-state index is -1.96. The monoisotopic (exact) mass is 1610 g/mol. The molecule has 0 aromatic heterocycles. The normalized spacial score (nSPS) is 15.8. The molecule has 30 N–H and O–H groups in total. The molecule has 1 aliphatic rings. The van der Waals surface area contributed by atoms with Crippen molar-refractivity contribution in [1.29, 1.82) is 0 Å². The van der Waals surface area contributed by atoms with Gasteiger partial charge in [-0.05, 0) is 68.8 Å². The number of thiol groups is 2. The molecular formula is C66H110N24O19S2. The first-order valence-corrected chi connectivity index (χ1v) is 37.1. The van der Waals surface area contributed by atoms with E-state index in [1.54, 1.807) is 51.1 Å². The van der Waals surface area contributed by atoms with Crippen molar-refractivity contribution in [2.75, 3.05) is 70.5 Å². The Morgan fingerprint density at radius 2 is 0.946 bits per heavy atom. The fraction of sp³-hybridized carbons (Fsp3) is 0.621. The maximum atomic E-state index is 14.5. The molecule has 0 radical (unpaired) electrons. The summed E-state index contributed by atoms with van der Waals surface area (Å²) in [4.78, 5) is 228. The number of guanidine groups is 3. The molecule has 1 fully saturated rings. The lowest BCUT2D eigenvalue weighted by Crippen LogP contribution is -2.61. The van der Waals surface area contributed by atoms with Crippen molar-refractivity contribution in [3.05, 3.63) is 35.9 Å². The van der Waals surface area contributed by atoms with Crippen LogP contribution in [-0.4, -0.2) is 276 Å². The van der Waals surface area contributed by atoms with E-state index in [0.29, 0.717) is 24.7 Å². The molecule has 1 aromatic rings. The Bertz CT molecular complexity index is 3410. The van der Waals surface area contributed by atoms with E-state index in [4.69, 9.17) is 45.2 Å². The largest absolute Gasteiger partial charge is 0.481 e. The van der Waals surface area contributed by atoms with Gasteiger partial charge in [0.05, 0.1) is 45.3 Å². The highest BCUT2D eigenvalue weighted by atomic mass is 32.1. The van der Waals surface area contributed by atoms with Gasteiger partial charge < -0.3 is 134 Å². The van der Waals surface area contributed by atoms with Gasteiger partial charge in [0.15, 0.2) is 17.9 Å². The van der Waals surface area contributed by atoms with Gasteiger partial charge in [0, 0.05) is 44.1 Å². The van der Waals surface area contributed by atoms with Gasteiger partial charge in [0.25, 0.3) is 0 Å². The first-order valence-electron chi connectivity index (χ1n) is 35.8. The second-order valence-corrected chi connectivity index (χ2v) is 26.6. The van der Waals surface area contributed by atoms with Crippen LogP contribution in [0, 0.1) is 11.8 Å². The zero-order chi connectivity index (χ0) is 83.4. The number of hydrogen-bond donors (Lipinski definition) is 25. The Labute approximate surface area is 652 Å². The molecule has 1 heterocycles. The second-order valence-electron chi connectivity index (χ2n) is 25.9. The average molecular weight is 1610 g/mol. The Morgan fingerprint density at radius 3 is 1.42 bits per heavy atom. The number of carbonyl (C=O) groups is 16. The zero-order valence-electron chi connectivity index (χ0n) is 62.4. The van der Waals surface area contributed by atoms with Crippen molar-refractivity contribution >= 4 is 138 Å². The van der Waals surface area contributed by atoms with Crippen LogP contribution in [0.4, 0.5) is 0 Å². The van der Waals surface area contributed by atoms with Crippen LogP contribution in [0.3, 0.4) is 0 Å². The molecule has 1 aliphatic heterocycles. The standard InChI is InChI=1S/C66H110N24O19S2/c1-5-34(3)51(61(107)84-42(25-50(97)98)58(104)83-40(18-12-22-76-66(72)73)57(103)89-52(35(4)6-2)62(108)87-45(33-111)63(109)90-23-13-19-46(90)60(106)80-37(29-91)16-10-20-74-64(68)69)88-56(102)39(17-11-21-75-65(70)71)81-48(95)27-77-47(94)26-78-54(100)41(24-36-14-8-7-9-15-36)82-49(96)28-79-55(101)44(32-110)86-59(105)43(31-93)85-53(99)38(67)30-92/h7-9,14-15,29,34-35,37-46,51-52,92-93,110-111H,5-6,10-13,16-28,30-33,67H2,1-4H3,(H,77,94)(H,78,100)(H,79,101)(H,80,106)(H,81,95)(H,82,96)(H,83,104)(H,84,107)(H,85,99)(H,86,105)(H,87,108)(H,88,102)(H,89,103)(H,97,98)(H4,68,69,74)(H4,70,71,75)(H4,72,73,76)/t34-,35-,37-,38-,39-,40-,41-,42-,43-,44-,45-,46-,51-,52-/m0/s1. The lowest BCUT2D eigenvalue weighted by molar-refractivity contribution is -0.142. The van der Waals surface area contributed by atoms with Gasteiger partial charge in [-0.2, -0.15) is 25.3 Å². The highest BCUT2D eigenvalue weighted by Gasteiger charge is 2.41. The SMILES string of the molecule is CC[C@H](C)[C@H](NC(=O)[C@H](CCCN=C(N)N)NC(=O)CNC(=O)CNC(=O)[C@H](Cc1ccccc1)NC(=O)CNC(=O)[C@H](CS)NC(=O)[C@H](CO)NC(=O)[C@@H](N)CO)C(=O)N[C@@H](CC(=O)O)C(=O)N[C@@H](CCCN=C(N)N)C(=O)N[C@H](C(=O)N[C@@H](CS)C(=O)N1CCC[C@H]1C(=O)N[C@H](C=O)CCCN=C(N)N)[C@@H](C)CC. The first-order chi connectivity index (χ1) is 52.6. The summed E-state index contributed by atoms with van der Waals surface area (Å²) in [5.41, 5.74) is 38.8. The van der Waals surface area contributed by atoms with Gasteiger partial charge in [-0.1, -0.05) is 70.9 Å². The van der Waals surface area contributed by atoms with Crippen LogP contribution in [-0.2, 0) is 83.1 Å². The molecule has 0 unspecified atom stereocenters. The second kappa shape index (κ2) is 51.7. The number of carbonyl (C=O) groups excluding carboxylic acids is 15. The van der Waals surface area contributed by atoms with Gasteiger partial charge >= 0.3 is 5.97 Å². The van der Waals surface area contributed by atoms with Gasteiger partial charge in [-0.15, -0.1) is 0 Å². The number of carboxylic acid groups (broad SMARTS) is 1. The van der Waals surface area contributed by atoms with Crippen LogP contribution in [0.15, 0.2) is 45.3 Å². The molecular weight excluding hydrogens is 1500 g/mol. The summed E-state index contributed by atoms with van der Waals surface area (Å²) in [7, 11) is 0. The third kappa shape index (κ3) is 36.2. The third-order valence-corrected chi connectivity index (χ3v) is 18.0. The third-order valence-electron chi connectivity index (χ3n) is 17.3. The van der Waals surface area contributed by atoms with Crippen molar-refractivity contribution in [2.24, 2.45) is 66.9 Å². The highest BCUT2D eigenvalue weighted by molar-refractivity contribution is 7.80. The Hall–Kier alpha value is -10.7. The van der Waals surface area contributed by atoms with Gasteiger partial charge in [0.1, 0.15) is 72.7 Å². The summed E-state index contributed by atoms with van der Waals surface area (Å²) in [6.07, 6.45) is 0.521. The van der Waals surface area contributed by atoms with Gasteiger partial charge in [-0.25, -0.2) is 0 Å². The molecule has 45 heteroatoms. The molecule has 0 bridgehead atoms. The maximum Gasteiger partial charge on any atom is 0.305 e. The number of aliphatic hydroxyl groups is 2. The van der Waals surface area contributed by atoms with E-state index in [1.165, 1.54) is 11.8 Å². The smallest absolute Gasteiger partial charge is 0.305 e. The zero-order valence-corrected chi connectivity index (χ0v) is 64.2. The number of hydrogen-bond acceptors (Lipinski definition) is 24. The van der Waals surface area contributed by atoms with E-state index in [2.05, 4.69) is 109 Å². The van der Waals surface area contributed by atoms with Crippen LogP contribution in [0.25, 0.3) is 0 Å². The molecule has 0 saturated carbocycles. The molecule has 0 spiro atoms. The molecule has 14 amide bonds.